The van der Waals surface area contributed by atoms with Crippen LogP contribution in [0.15, 0.2) is 12.1 Å². The summed E-state index contributed by atoms with van der Waals surface area (Å²) < 4.78 is 24.5. The summed E-state index contributed by atoms with van der Waals surface area (Å²) in [7, 11) is 0. The van der Waals surface area contributed by atoms with E-state index < -0.39 is 5.95 Å². The number of ether oxygens (including phenoxy) is 2. The molecule has 4 heterocycles. The van der Waals surface area contributed by atoms with Crippen LogP contribution in [-0.4, -0.2) is 47.3 Å². The Bertz CT molecular complexity index is 1050. The van der Waals surface area contributed by atoms with E-state index in [1.54, 1.807) is 6.07 Å². The SMILES string of the molecule is N#CCNc1nc(Cl)c(C#N)c2c1CCN(Cc1ccc(F)nc1OC1COC1)C2. The van der Waals surface area contributed by atoms with Gasteiger partial charge < -0.3 is 14.8 Å². The lowest BCUT2D eigenvalue weighted by atomic mass is 9.96. The number of nitriles is 2. The largest absolute Gasteiger partial charge is 0.469 e. The maximum Gasteiger partial charge on any atom is 0.220 e. The number of aromatic nitrogens is 2. The smallest absolute Gasteiger partial charge is 0.220 e. The molecule has 2 aromatic heterocycles. The predicted molar refractivity (Wildman–Crippen MR) is 105 cm³/mol. The first-order valence-corrected chi connectivity index (χ1v) is 9.81. The maximum absolute atomic E-state index is 13.7. The van der Waals surface area contributed by atoms with E-state index in [4.69, 9.17) is 26.3 Å². The van der Waals surface area contributed by atoms with Crippen LogP contribution in [0.5, 0.6) is 5.88 Å². The van der Waals surface area contributed by atoms with E-state index in [0.717, 1.165) is 16.7 Å². The summed E-state index contributed by atoms with van der Waals surface area (Å²) in [4.78, 5) is 10.3. The fourth-order valence-electron chi connectivity index (χ4n) is 3.52. The summed E-state index contributed by atoms with van der Waals surface area (Å²) in [6, 6.07) is 7.13. The van der Waals surface area contributed by atoms with Crippen LogP contribution >= 0.6 is 11.6 Å². The molecule has 0 aliphatic carbocycles. The van der Waals surface area contributed by atoms with E-state index in [-0.39, 0.29) is 23.7 Å². The van der Waals surface area contributed by atoms with Crippen molar-refractivity contribution in [2.45, 2.75) is 25.6 Å². The second-order valence-electron chi connectivity index (χ2n) is 7.04. The van der Waals surface area contributed by atoms with Crippen molar-refractivity contribution >= 4 is 17.4 Å². The monoisotopic (exact) mass is 428 g/mol. The van der Waals surface area contributed by atoms with Gasteiger partial charge in [-0.15, -0.1) is 0 Å². The third-order valence-electron chi connectivity index (χ3n) is 5.06. The lowest BCUT2D eigenvalue weighted by Crippen LogP contribution is -2.39. The number of nitrogens with zero attached hydrogens (tertiary/aromatic N) is 5. The Labute approximate surface area is 177 Å². The van der Waals surface area contributed by atoms with E-state index in [1.807, 2.05) is 6.07 Å². The van der Waals surface area contributed by atoms with Gasteiger partial charge in [0.15, 0.2) is 0 Å². The number of halogens is 2. The maximum atomic E-state index is 13.7. The normalized spacial score (nSPS) is 16.1. The average Bonchev–Trinajstić information content (AvgIpc) is 2.70. The number of nitrogens with one attached hydrogen (secondary N) is 1. The van der Waals surface area contributed by atoms with Gasteiger partial charge in [-0.2, -0.15) is 19.9 Å². The lowest BCUT2D eigenvalue weighted by molar-refractivity contribution is -0.0820. The zero-order chi connectivity index (χ0) is 21.1. The molecule has 1 N–H and O–H groups in total. The summed E-state index contributed by atoms with van der Waals surface area (Å²) >= 11 is 6.22. The molecule has 0 amide bonds. The van der Waals surface area contributed by atoms with Gasteiger partial charge in [0.1, 0.15) is 29.7 Å². The van der Waals surface area contributed by atoms with Crippen LogP contribution in [0.1, 0.15) is 22.3 Å². The minimum absolute atomic E-state index is 0.0954. The van der Waals surface area contributed by atoms with Crippen LogP contribution < -0.4 is 10.1 Å². The number of hydrogen-bond acceptors (Lipinski definition) is 8. The molecule has 0 aromatic carbocycles. The van der Waals surface area contributed by atoms with Gasteiger partial charge >= 0.3 is 0 Å². The number of fused-ring (bicyclic) bond motifs is 1. The molecule has 0 radical (unpaired) electrons. The highest BCUT2D eigenvalue weighted by molar-refractivity contribution is 6.30. The van der Waals surface area contributed by atoms with E-state index in [2.05, 4.69) is 26.3 Å². The van der Waals surface area contributed by atoms with Crippen LogP contribution in [-0.2, 0) is 24.2 Å². The standard InChI is InChI=1S/C20H18ClFN6O2/c21-18-15(7-24)16-9-28(6-3-14(16)19(27-18)25-5-4-23)8-12-1-2-17(22)26-20(12)30-13-10-29-11-13/h1-2,13H,3,5-6,8-11H2,(H,25,27). The molecule has 0 bridgehead atoms. The first-order valence-electron chi connectivity index (χ1n) is 9.43. The van der Waals surface area contributed by atoms with Gasteiger partial charge in [0.05, 0.1) is 24.8 Å². The number of rotatable bonds is 6. The van der Waals surface area contributed by atoms with Gasteiger partial charge in [-0.05, 0) is 24.1 Å². The second-order valence-corrected chi connectivity index (χ2v) is 7.40. The summed E-state index contributed by atoms with van der Waals surface area (Å²) in [6.07, 6.45) is 0.507. The average molecular weight is 429 g/mol. The summed E-state index contributed by atoms with van der Waals surface area (Å²) in [5.74, 6) is 0.196. The molecular weight excluding hydrogens is 411 g/mol. The molecule has 0 saturated carbocycles. The molecule has 10 heteroatoms. The first kappa shape index (κ1) is 20.3. The first-order chi connectivity index (χ1) is 14.6. The van der Waals surface area contributed by atoms with Crippen molar-refractivity contribution in [3.8, 4) is 18.0 Å². The lowest BCUT2D eigenvalue weighted by Gasteiger charge is -2.31. The molecule has 0 unspecified atom stereocenters. The van der Waals surface area contributed by atoms with Gasteiger partial charge in [0.2, 0.25) is 11.8 Å². The molecule has 1 saturated heterocycles. The van der Waals surface area contributed by atoms with Gasteiger partial charge in [-0.1, -0.05) is 11.6 Å². The molecular formula is C20H18ClFN6O2. The molecule has 0 spiro atoms. The molecule has 2 aliphatic rings. The van der Waals surface area contributed by atoms with Crippen molar-refractivity contribution < 1.29 is 13.9 Å². The van der Waals surface area contributed by atoms with Crippen molar-refractivity contribution in [1.29, 1.82) is 10.5 Å². The Morgan fingerprint density at radius 3 is 2.83 bits per heavy atom. The molecule has 30 heavy (non-hydrogen) atoms. The quantitative estimate of drug-likeness (QED) is 0.552. The fourth-order valence-corrected chi connectivity index (χ4v) is 3.77. The van der Waals surface area contributed by atoms with E-state index >= 15 is 0 Å². The molecule has 154 valence electrons. The highest BCUT2D eigenvalue weighted by Gasteiger charge is 2.27. The second kappa shape index (κ2) is 8.80. The Morgan fingerprint density at radius 2 is 2.13 bits per heavy atom. The molecule has 0 atom stereocenters. The Hall–Kier alpha value is -2.98. The van der Waals surface area contributed by atoms with Crippen LogP contribution in [0.25, 0.3) is 0 Å². The molecule has 1 fully saturated rings. The van der Waals surface area contributed by atoms with Gasteiger partial charge in [0.25, 0.3) is 0 Å². The van der Waals surface area contributed by atoms with Crippen molar-refractivity contribution in [1.82, 2.24) is 14.9 Å². The number of anilines is 1. The summed E-state index contributed by atoms with van der Waals surface area (Å²) in [5, 5.41) is 21.5. The highest BCUT2D eigenvalue weighted by Crippen LogP contribution is 2.33. The molecule has 2 aliphatic heterocycles. The summed E-state index contributed by atoms with van der Waals surface area (Å²) in [6.45, 7) is 2.64. The molecule has 2 aromatic rings. The Morgan fingerprint density at radius 1 is 1.30 bits per heavy atom. The van der Waals surface area contributed by atoms with Gasteiger partial charge in [0, 0.05) is 30.8 Å². The van der Waals surface area contributed by atoms with Gasteiger partial charge in [-0.25, -0.2) is 4.98 Å². The van der Waals surface area contributed by atoms with Crippen molar-refractivity contribution in [2.75, 3.05) is 31.6 Å². The third kappa shape index (κ3) is 4.14. The van der Waals surface area contributed by atoms with Crippen LogP contribution in [0.4, 0.5) is 10.2 Å². The zero-order valence-corrected chi connectivity index (χ0v) is 16.7. The van der Waals surface area contributed by atoms with Gasteiger partial charge in [-0.3, -0.25) is 4.90 Å². The highest BCUT2D eigenvalue weighted by atomic mass is 35.5. The summed E-state index contributed by atoms with van der Waals surface area (Å²) in [5.41, 5.74) is 2.77. The predicted octanol–water partition coefficient (Wildman–Crippen LogP) is 2.41. The molecule has 4 rings (SSSR count). The number of pyridine rings is 2. The number of hydrogen-bond donors (Lipinski definition) is 1. The van der Waals surface area contributed by atoms with E-state index in [0.29, 0.717) is 50.7 Å². The van der Waals surface area contributed by atoms with Crippen LogP contribution in [0.3, 0.4) is 0 Å². The minimum atomic E-state index is -0.601. The fraction of sp³-hybridized carbons (Fsp3) is 0.400. The van der Waals surface area contributed by atoms with E-state index in [1.165, 1.54) is 6.07 Å². The minimum Gasteiger partial charge on any atom is -0.469 e. The third-order valence-corrected chi connectivity index (χ3v) is 5.33. The van der Waals surface area contributed by atoms with Crippen molar-refractivity contribution in [2.24, 2.45) is 0 Å². The van der Waals surface area contributed by atoms with Crippen LogP contribution in [0, 0.1) is 28.6 Å². The van der Waals surface area contributed by atoms with Crippen LogP contribution in [0.2, 0.25) is 5.15 Å². The Balaban J connectivity index is 1.58. The van der Waals surface area contributed by atoms with Crippen molar-refractivity contribution in [3.05, 3.63) is 45.5 Å². The zero-order valence-electron chi connectivity index (χ0n) is 16.0. The topological polar surface area (TPSA) is 107 Å². The molecule has 8 nitrogen and oxygen atoms in total. The van der Waals surface area contributed by atoms with Crippen molar-refractivity contribution in [3.63, 3.8) is 0 Å². The Kier molecular flexibility index (Phi) is 5.96. The van der Waals surface area contributed by atoms with E-state index in [9.17, 15) is 9.65 Å².